The summed E-state index contributed by atoms with van der Waals surface area (Å²) in [7, 11) is 1.99. The van der Waals surface area contributed by atoms with E-state index in [9.17, 15) is 0 Å². The molecular formula is C11H20BrN3. The van der Waals surface area contributed by atoms with Crippen molar-refractivity contribution in [3.63, 3.8) is 0 Å². The van der Waals surface area contributed by atoms with Crippen LogP contribution in [0, 0.1) is 13.8 Å². The molecule has 0 aliphatic carbocycles. The van der Waals surface area contributed by atoms with E-state index in [0.717, 1.165) is 23.1 Å². The maximum Gasteiger partial charge on any atom is 0.0738 e. The molecule has 1 aromatic rings. The molecule has 0 radical (unpaired) electrons. The van der Waals surface area contributed by atoms with Crippen molar-refractivity contribution in [1.29, 1.82) is 0 Å². The SMILES string of the molecule is CNCCCC(C)n1nc(C)c(Br)c1C. The molecule has 0 fully saturated rings. The Balaban J connectivity index is 2.65. The first-order valence-corrected chi connectivity index (χ1v) is 6.23. The van der Waals surface area contributed by atoms with Gasteiger partial charge in [-0.1, -0.05) is 0 Å². The third kappa shape index (κ3) is 3.05. The number of aryl methyl sites for hydroxylation is 1. The zero-order chi connectivity index (χ0) is 11.4. The molecule has 1 aromatic heterocycles. The Hall–Kier alpha value is -0.350. The topological polar surface area (TPSA) is 29.9 Å². The van der Waals surface area contributed by atoms with E-state index in [2.05, 4.69) is 44.9 Å². The average molecular weight is 274 g/mol. The number of nitrogens with zero attached hydrogens (tertiary/aromatic N) is 2. The molecule has 0 saturated heterocycles. The molecule has 4 heteroatoms. The van der Waals surface area contributed by atoms with E-state index in [4.69, 9.17) is 0 Å². The van der Waals surface area contributed by atoms with Crippen LogP contribution in [0.3, 0.4) is 0 Å². The predicted octanol–water partition coefficient (Wildman–Crippen LogP) is 2.82. The highest BCUT2D eigenvalue weighted by molar-refractivity contribution is 9.10. The Morgan fingerprint density at radius 2 is 2.13 bits per heavy atom. The monoisotopic (exact) mass is 273 g/mol. The van der Waals surface area contributed by atoms with Gasteiger partial charge < -0.3 is 5.32 Å². The summed E-state index contributed by atoms with van der Waals surface area (Å²) in [5.74, 6) is 0. The summed E-state index contributed by atoms with van der Waals surface area (Å²) in [6, 6.07) is 0.475. The van der Waals surface area contributed by atoms with Crippen molar-refractivity contribution >= 4 is 15.9 Å². The van der Waals surface area contributed by atoms with Gasteiger partial charge in [0.05, 0.1) is 15.9 Å². The molecule has 1 rings (SSSR count). The third-order valence-corrected chi connectivity index (χ3v) is 3.85. The standard InChI is InChI=1S/C11H20BrN3/c1-8(6-5-7-13-4)15-10(3)11(12)9(2)14-15/h8,13H,5-7H2,1-4H3. The van der Waals surface area contributed by atoms with Gasteiger partial charge in [0, 0.05) is 6.04 Å². The minimum Gasteiger partial charge on any atom is -0.320 e. The molecule has 15 heavy (non-hydrogen) atoms. The van der Waals surface area contributed by atoms with Crippen molar-refractivity contribution in [1.82, 2.24) is 15.1 Å². The molecule has 1 atom stereocenters. The zero-order valence-electron chi connectivity index (χ0n) is 9.97. The van der Waals surface area contributed by atoms with Gasteiger partial charge in [-0.2, -0.15) is 5.10 Å². The van der Waals surface area contributed by atoms with Crippen LogP contribution < -0.4 is 5.32 Å². The second-order valence-electron chi connectivity index (χ2n) is 4.02. The highest BCUT2D eigenvalue weighted by Gasteiger charge is 2.13. The lowest BCUT2D eigenvalue weighted by molar-refractivity contribution is 0.433. The van der Waals surface area contributed by atoms with Crippen LogP contribution >= 0.6 is 15.9 Å². The first-order valence-electron chi connectivity index (χ1n) is 5.43. The fourth-order valence-corrected chi connectivity index (χ4v) is 2.03. The molecular weight excluding hydrogens is 254 g/mol. The van der Waals surface area contributed by atoms with Crippen LogP contribution in [0.2, 0.25) is 0 Å². The smallest absolute Gasteiger partial charge is 0.0738 e. The number of aromatic nitrogens is 2. The van der Waals surface area contributed by atoms with Crippen LogP contribution in [-0.2, 0) is 0 Å². The summed E-state index contributed by atoms with van der Waals surface area (Å²) in [5, 5.41) is 7.70. The molecule has 3 nitrogen and oxygen atoms in total. The van der Waals surface area contributed by atoms with E-state index in [1.165, 1.54) is 12.1 Å². The Kier molecular flexibility index (Phi) is 4.80. The van der Waals surface area contributed by atoms with E-state index in [0.29, 0.717) is 6.04 Å². The fraction of sp³-hybridized carbons (Fsp3) is 0.727. The van der Waals surface area contributed by atoms with Gasteiger partial charge in [-0.05, 0) is 63.1 Å². The number of rotatable bonds is 5. The van der Waals surface area contributed by atoms with Crippen LogP contribution in [0.4, 0.5) is 0 Å². The van der Waals surface area contributed by atoms with Gasteiger partial charge >= 0.3 is 0 Å². The predicted molar refractivity (Wildman–Crippen MR) is 67.3 cm³/mol. The number of nitrogens with one attached hydrogen (secondary N) is 1. The van der Waals surface area contributed by atoms with Gasteiger partial charge in [0.15, 0.2) is 0 Å². The van der Waals surface area contributed by atoms with E-state index in [1.807, 2.05) is 14.0 Å². The van der Waals surface area contributed by atoms with Gasteiger partial charge in [0.1, 0.15) is 0 Å². The summed E-state index contributed by atoms with van der Waals surface area (Å²) in [6.45, 7) is 7.44. The molecule has 0 aliphatic heterocycles. The van der Waals surface area contributed by atoms with Crippen molar-refractivity contribution in [2.75, 3.05) is 13.6 Å². The lowest BCUT2D eigenvalue weighted by Crippen LogP contribution is -2.13. The summed E-state index contributed by atoms with van der Waals surface area (Å²) >= 11 is 3.55. The second kappa shape index (κ2) is 5.66. The third-order valence-electron chi connectivity index (χ3n) is 2.70. The van der Waals surface area contributed by atoms with Crippen LogP contribution in [0.5, 0.6) is 0 Å². The minimum absolute atomic E-state index is 0.475. The summed E-state index contributed by atoms with van der Waals surface area (Å²) in [4.78, 5) is 0. The van der Waals surface area contributed by atoms with E-state index in [1.54, 1.807) is 0 Å². The molecule has 0 aliphatic rings. The van der Waals surface area contributed by atoms with Crippen LogP contribution in [0.1, 0.15) is 37.2 Å². The molecule has 0 bridgehead atoms. The molecule has 1 heterocycles. The van der Waals surface area contributed by atoms with Gasteiger partial charge in [0.2, 0.25) is 0 Å². The van der Waals surface area contributed by atoms with Crippen molar-refractivity contribution < 1.29 is 0 Å². The molecule has 86 valence electrons. The van der Waals surface area contributed by atoms with Crippen molar-refractivity contribution in [2.24, 2.45) is 0 Å². The van der Waals surface area contributed by atoms with Crippen LogP contribution in [-0.4, -0.2) is 23.4 Å². The summed E-state index contributed by atoms with van der Waals surface area (Å²) in [5.41, 5.74) is 2.30. The average Bonchev–Trinajstić information content (AvgIpc) is 2.46. The lowest BCUT2D eigenvalue weighted by Gasteiger charge is -2.14. The first kappa shape index (κ1) is 12.7. The van der Waals surface area contributed by atoms with Gasteiger partial charge in [-0.3, -0.25) is 4.68 Å². The van der Waals surface area contributed by atoms with Crippen LogP contribution in [0.15, 0.2) is 4.47 Å². The van der Waals surface area contributed by atoms with E-state index in [-0.39, 0.29) is 0 Å². The van der Waals surface area contributed by atoms with Gasteiger partial charge in [0.25, 0.3) is 0 Å². The number of halogens is 1. The minimum atomic E-state index is 0.475. The van der Waals surface area contributed by atoms with Crippen LogP contribution in [0.25, 0.3) is 0 Å². The van der Waals surface area contributed by atoms with Crippen molar-refractivity contribution in [2.45, 2.75) is 39.7 Å². The molecule has 1 N–H and O–H groups in total. The maximum absolute atomic E-state index is 4.54. The molecule has 0 saturated carbocycles. The summed E-state index contributed by atoms with van der Waals surface area (Å²) in [6.07, 6.45) is 2.35. The van der Waals surface area contributed by atoms with Crippen molar-refractivity contribution in [3.8, 4) is 0 Å². The number of hydrogen-bond acceptors (Lipinski definition) is 2. The number of hydrogen-bond donors (Lipinski definition) is 1. The Morgan fingerprint density at radius 3 is 2.60 bits per heavy atom. The van der Waals surface area contributed by atoms with E-state index < -0.39 is 0 Å². The summed E-state index contributed by atoms with van der Waals surface area (Å²) < 4.78 is 3.26. The highest BCUT2D eigenvalue weighted by atomic mass is 79.9. The quantitative estimate of drug-likeness (QED) is 0.837. The maximum atomic E-state index is 4.54. The van der Waals surface area contributed by atoms with Crippen molar-refractivity contribution in [3.05, 3.63) is 15.9 Å². The normalized spacial score (nSPS) is 13.1. The highest BCUT2D eigenvalue weighted by Crippen LogP contribution is 2.24. The van der Waals surface area contributed by atoms with Gasteiger partial charge in [-0.15, -0.1) is 0 Å². The Morgan fingerprint density at radius 1 is 1.47 bits per heavy atom. The Bertz CT molecular complexity index is 320. The molecule has 0 aromatic carbocycles. The Labute approximate surface area is 100 Å². The van der Waals surface area contributed by atoms with Gasteiger partial charge in [-0.25, -0.2) is 0 Å². The molecule has 0 amide bonds. The van der Waals surface area contributed by atoms with E-state index >= 15 is 0 Å². The zero-order valence-corrected chi connectivity index (χ0v) is 11.6. The lowest BCUT2D eigenvalue weighted by atomic mass is 10.2. The molecule has 0 spiro atoms. The second-order valence-corrected chi connectivity index (χ2v) is 4.82. The first-order chi connectivity index (χ1) is 7.07. The fourth-order valence-electron chi connectivity index (χ4n) is 1.77. The molecule has 1 unspecified atom stereocenters. The largest absolute Gasteiger partial charge is 0.320 e.